The summed E-state index contributed by atoms with van der Waals surface area (Å²) < 4.78 is 1.71. The number of hydrogen-bond donors (Lipinski definition) is 3. The molecule has 0 aliphatic rings. The van der Waals surface area contributed by atoms with Gasteiger partial charge in [-0.05, 0) is 42.0 Å². The average molecular weight is 449 g/mol. The SMILES string of the molecule is Cc1ccccc1C(CC(=O)O)NC(=O)c1cc(NCCC(C)(C)C)n(-c2ccccc2)n1. The van der Waals surface area contributed by atoms with Crippen LogP contribution in [0.5, 0.6) is 0 Å². The quantitative estimate of drug-likeness (QED) is 0.429. The van der Waals surface area contributed by atoms with Crippen LogP contribution in [0.25, 0.3) is 5.69 Å². The molecule has 0 radical (unpaired) electrons. The number of anilines is 1. The molecule has 2 aromatic carbocycles. The molecule has 0 aliphatic heterocycles. The first kappa shape index (κ1) is 24.0. The number of rotatable bonds is 9. The van der Waals surface area contributed by atoms with Crippen molar-refractivity contribution in [2.24, 2.45) is 5.41 Å². The van der Waals surface area contributed by atoms with E-state index in [0.29, 0.717) is 5.82 Å². The minimum absolute atomic E-state index is 0.169. The van der Waals surface area contributed by atoms with Gasteiger partial charge in [-0.15, -0.1) is 0 Å². The van der Waals surface area contributed by atoms with E-state index in [1.54, 1.807) is 10.7 Å². The lowest BCUT2D eigenvalue weighted by molar-refractivity contribution is -0.137. The Morgan fingerprint density at radius 3 is 2.36 bits per heavy atom. The van der Waals surface area contributed by atoms with Crippen molar-refractivity contribution in [1.82, 2.24) is 15.1 Å². The highest BCUT2D eigenvalue weighted by Crippen LogP contribution is 2.24. The minimum Gasteiger partial charge on any atom is -0.481 e. The van der Waals surface area contributed by atoms with Gasteiger partial charge in [0.05, 0.1) is 18.2 Å². The van der Waals surface area contributed by atoms with Crippen molar-refractivity contribution in [3.8, 4) is 5.69 Å². The molecule has 1 amide bonds. The number of aryl methyl sites for hydroxylation is 1. The molecule has 3 aromatic rings. The molecule has 0 spiro atoms. The highest BCUT2D eigenvalue weighted by molar-refractivity contribution is 5.93. The highest BCUT2D eigenvalue weighted by Gasteiger charge is 2.23. The second kappa shape index (κ2) is 10.3. The highest BCUT2D eigenvalue weighted by atomic mass is 16.4. The Morgan fingerprint density at radius 2 is 1.73 bits per heavy atom. The summed E-state index contributed by atoms with van der Waals surface area (Å²) in [4.78, 5) is 24.6. The van der Waals surface area contributed by atoms with E-state index >= 15 is 0 Å². The molecule has 1 unspecified atom stereocenters. The summed E-state index contributed by atoms with van der Waals surface area (Å²) in [7, 11) is 0. The maximum absolute atomic E-state index is 13.1. The second-order valence-electron chi connectivity index (χ2n) is 9.38. The van der Waals surface area contributed by atoms with Crippen LogP contribution in [0.2, 0.25) is 0 Å². The van der Waals surface area contributed by atoms with Gasteiger partial charge in [0.25, 0.3) is 5.91 Å². The first-order valence-corrected chi connectivity index (χ1v) is 11.1. The Kier molecular flexibility index (Phi) is 7.53. The maximum Gasteiger partial charge on any atom is 0.305 e. The van der Waals surface area contributed by atoms with Gasteiger partial charge < -0.3 is 15.7 Å². The van der Waals surface area contributed by atoms with Gasteiger partial charge in [0.2, 0.25) is 0 Å². The van der Waals surface area contributed by atoms with Crippen molar-refractivity contribution in [3.05, 3.63) is 77.5 Å². The van der Waals surface area contributed by atoms with Gasteiger partial charge in [0.15, 0.2) is 5.69 Å². The van der Waals surface area contributed by atoms with Gasteiger partial charge in [0, 0.05) is 12.6 Å². The molecule has 1 aromatic heterocycles. The molecule has 0 aliphatic carbocycles. The maximum atomic E-state index is 13.1. The van der Waals surface area contributed by atoms with Crippen LogP contribution in [0.4, 0.5) is 5.82 Å². The van der Waals surface area contributed by atoms with E-state index in [4.69, 9.17) is 0 Å². The van der Waals surface area contributed by atoms with Gasteiger partial charge in [-0.1, -0.05) is 63.2 Å². The Bertz CT molecular complexity index is 1100. The predicted molar refractivity (Wildman–Crippen MR) is 130 cm³/mol. The molecule has 7 heteroatoms. The van der Waals surface area contributed by atoms with Crippen LogP contribution in [-0.4, -0.2) is 33.3 Å². The zero-order valence-corrected chi connectivity index (χ0v) is 19.6. The number of nitrogens with one attached hydrogen (secondary N) is 2. The zero-order valence-electron chi connectivity index (χ0n) is 19.6. The second-order valence-corrected chi connectivity index (χ2v) is 9.38. The number of carbonyl (C=O) groups excluding carboxylic acids is 1. The van der Waals surface area contributed by atoms with Gasteiger partial charge in [-0.25, -0.2) is 4.68 Å². The molecular weight excluding hydrogens is 416 g/mol. The van der Waals surface area contributed by atoms with Crippen molar-refractivity contribution >= 4 is 17.7 Å². The Hall–Kier alpha value is -3.61. The lowest BCUT2D eigenvalue weighted by Gasteiger charge is -2.19. The van der Waals surface area contributed by atoms with Crippen molar-refractivity contribution < 1.29 is 14.7 Å². The summed E-state index contributed by atoms with van der Waals surface area (Å²) in [5, 5.41) is 20.2. The predicted octanol–water partition coefficient (Wildman–Crippen LogP) is 4.97. The van der Waals surface area contributed by atoms with Crippen molar-refractivity contribution in [2.75, 3.05) is 11.9 Å². The summed E-state index contributed by atoms with van der Waals surface area (Å²) in [5.41, 5.74) is 2.92. The monoisotopic (exact) mass is 448 g/mol. The molecule has 0 saturated heterocycles. The summed E-state index contributed by atoms with van der Waals surface area (Å²) >= 11 is 0. The van der Waals surface area contributed by atoms with Crippen molar-refractivity contribution in [1.29, 1.82) is 0 Å². The van der Waals surface area contributed by atoms with Crippen molar-refractivity contribution in [3.63, 3.8) is 0 Å². The first-order chi connectivity index (χ1) is 15.6. The van der Waals surface area contributed by atoms with E-state index in [0.717, 1.165) is 29.8 Å². The van der Waals surface area contributed by atoms with Crippen molar-refractivity contribution in [2.45, 2.75) is 46.6 Å². The number of benzene rings is 2. The molecule has 1 heterocycles. The number of aromatic nitrogens is 2. The van der Waals surface area contributed by atoms with E-state index in [9.17, 15) is 14.7 Å². The molecule has 33 heavy (non-hydrogen) atoms. The van der Waals surface area contributed by atoms with E-state index in [1.807, 2.05) is 61.5 Å². The average Bonchev–Trinajstić information content (AvgIpc) is 3.17. The van der Waals surface area contributed by atoms with E-state index in [-0.39, 0.29) is 17.5 Å². The lowest BCUT2D eigenvalue weighted by atomic mass is 9.92. The molecular formula is C26H32N4O3. The zero-order chi connectivity index (χ0) is 24.0. The third kappa shape index (κ3) is 6.68. The minimum atomic E-state index is -0.983. The first-order valence-electron chi connectivity index (χ1n) is 11.1. The number of para-hydroxylation sites is 1. The topological polar surface area (TPSA) is 96.3 Å². The van der Waals surface area contributed by atoms with Crippen LogP contribution in [0.3, 0.4) is 0 Å². The molecule has 7 nitrogen and oxygen atoms in total. The lowest BCUT2D eigenvalue weighted by Crippen LogP contribution is -2.31. The Labute approximate surface area is 194 Å². The number of aliphatic carboxylic acids is 1. The van der Waals surface area contributed by atoms with E-state index in [1.165, 1.54) is 0 Å². The molecule has 3 rings (SSSR count). The van der Waals surface area contributed by atoms with Crippen LogP contribution in [0.1, 0.15) is 61.3 Å². The fourth-order valence-electron chi connectivity index (χ4n) is 3.57. The number of carbonyl (C=O) groups is 2. The number of carboxylic acids is 1. The molecule has 0 bridgehead atoms. The van der Waals surface area contributed by atoms with Gasteiger partial charge >= 0.3 is 5.97 Å². The van der Waals surface area contributed by atoms with Gasteiger partial charge in [-0.2, -0.15) is 5.10 Å². The normalized spacial score (nSPS) is 12.2. The summed E-state index contributed by atoms with van der Waals surface area (Å²) in [6.45, 7) is 9.16. The largest absolute Gasteiger partial charge is 0.481 e. The van der Waals surface area contributed by atoms with Gasteiger partial charge in [0.1, 0.15) is 5.82 Å². The van der Waals surface area contributed by atoms with Crippen LogP contribution >= 0.6 is 0 Å². The number of hydrogen-bond acceptors (Lipinski definition) is 4. The fourth-order valence-corrected chi connectivity index (χ4v) is 3.57. The molecule has 0 saturated carbocycles. The molecule has 174 valence electrons. The molecule has 0 fully saturated rings. The summed E-state index contributed by atoms with van der Waals surface area (Å²) in [5.74, 6) is -0.692. The van der Waals surface area contributed by atoms with Crippen LogP contribution in [0, 0.1) is 12.3 Å². The fraction of sp³-hybridized carbons (Fsp3) is 0.346. The molecule has 1 atom stereocenters. The smallest absolute Gasteiger partial charge is 0.305 e. The third-order valence-corrected chi connectivity index (χ3v) is 5.37. The summed E-state index contributed by atoms with van der Waals surface area (Å²) in [6.07, 6.45) is 0.731. The number of nitrogens with zero attached hydrogens (tertiary/aromatic N) is 2. The van der Waals surface area contributed by atoms with Gasteiger partial charge in [-0.3, -0.25) is 9.59 Å². The summed E-state index contributed by atoms with van der Waals surface area (Å²) in [6, 6.07) is 18.1. The standard InChI is InChI=1S/C26H32N4O3/c1-18-10-8-9-13-20(18)21(17-24(31)32)28-25(33)22-16-23(27-15-14-26(2,3)4)30(29-22)19-11-6-5-7-12-19/h5-13,16,21,27H,14-15,17H2,1-4H3,(H,28,33)(H,31,32). The Morgan fingerprint density at radius 1 is 1.06 bits per heavy atom. The molecule has 3 N–H and O–H groups in total. The van der Waals surface area contributed by atoms with Crippen LogP contribution in [-0.2, 0) is 4.79 Å². The Balaban J connectivity index is 1.88. The number of amides is 1. The van der Waals surface area contributed by atoms with E-state index in [2.05, 4.69) is 36.5 Å². The third-order valence-electron chi connectivity index (χ3n) is 5.37. The van der Waals surface area contributed by atoms with Crippen LogP contribution < -0.4 is 10.6 Å². The van der Waals surface area contributed by atoms with E-state index < -0.39 is 17.9 Å². The number of carboxylic acid groups (broad SMARTS) is 1. The van der Waals surface area contributed by atoms with Crippen LogP contribution in [0.15, 0.2) is 60.7 Å².